The van der Waals surface area contributed by atoms with Crippen molar-refractivity contribution >= 4 is 17.2 Å². The number of nitrogens with one attached hydrogen (secondary N) is 1. The first-order chi connectivity index (χ1) is 11.6. The van der Waals surface area contributed by atoms with Crippen molar-refractivity contribution < 1.29 is 0 Å². The van der Waals surface area contributed by atoms with E-state index >= 15 is 0 Å². The van der Waals surface area contributed by atoms with Gasteiger partial charge in [0.1, 0.15) is 11.6 Å². The minimum Gasteiger partial charge on any atom is -0.368 e. The quantitative estimate of drug-likeness (QED) is 0.871. The molecule has 0 radical (unpaired) electrons. The van der Waals surface area contributed by atoms with E-state index in [1.54, 1.807) is 11.3 Å². The van der Waals surface area contributed by atoms with Gasteiger partial charge in [-0.3, -0.25) is 4.90 Å². The second kappa shape index (κ2) is 8.05. The maximum Gasteiger partial charge on any atom is 0.133 e. The van der Waals surface area contributed by atoms with Crippen LogP contribution < -0.4 is 5.32 Å². The van der Waals surface area contributed by atoms with Gasteiger partial charge in [0, 0.05) is 44.7 Å². The van der Waals surface area contributed by atoms with Crippen LogP contribution in [0.1, 0.15) is 22.6 Å². The maximum atomic E-state index is 4.72. The summed E-state index contributed by atoms with van der Waals surface area (Å²) < 4.78 is 0. The number of anilines is 1. The van der Waals surface area contributed by atoms with Gasteiger partial charge in [-0.2, -0.15) is 11.3 Å². The number of rotatable bonds is 6. The molecule has 3 rings (SSSR count). The van der Waals surface area contributed by atoms with Crippen LogP contribution in [-0.2, 0) is 19.4 Å². The second-order valence-electron chi connectivity index (χ2n) is 6.68. The van der Waals surface area contributed by atoms with Gasteiger partial charge >= 0.3 is 0 Å². The Kier molecular flexibility index (Phi) is 5.81. The Bertz CT molecular complexity index is 654. The zero-order valence-corrected chi connectivity index (χ0v) is 15.7. The van der Waals surface area contributed by atoms with Crippen LogP contribution >= 0.6 is 11.3 Å². The number of aryl methyl sites for hydroxylation is 1. The maximum absolute atomic E-state index is 4.72. The van der Waals surface area contributed by atoms with Crippen LogP contribution in [0.4, 0.5) is 5.82 Å². The summed E-state index contributed by atoms with van der Waals surface area (Å²) in [4.78, 5) is 14.1. The summed E-state index contributed by atoms with van der Waals surface area (Å²) in [6.45, 7) is 7.07. The van der Waals surface area contributed by atoms with Crippen molar-refractivity contribution in [3.63, 3.8) is 0 Å². The smallest absolute Gasteiger partial charge is 0.133 e. The van der Waals surface area contributed by atoms with Gasteiger partial charge in [-0.05, 0) is 49.8 Å². The number of hydrogen-bond donors (Lipinski definition) is 1. The summed E-state index contributed by atoms with van der Waals surface area (Å²) in [7, 11) is 4.19. The Morgan fingerprint density at radius 1 is 1.25 bits per heavy atom. The summed E-state index contributed by atoms with van der Waals surface area (Å²) in [5.41, 5.74) is 3.95. The highest BCUT2D eigenvalue weighted by molar-refractivity contribution is 7.07. The number of thiophene rings is 1. The lowest BCUT2D eigenvalue weighted by molar-refractivity contribution is 0.279. The molecule has 5 nitrogen and oxygen atoms in total. The minimum atomic E-state index is 0.868. The summed E-state index contributed by atoms with van der Waals surface area (Å²) in [6.07, 6.45) is 2.02. The lowest BCUT2D eigenvalue weighted by atomic mass is 10.1. The third kappa shape index (κ3) is 4.53. The van der Waals surface area contributed by atoms with Gasteiger partial charge in [0.2, 0.25) is 0 Å². The molecule has 0 saturated heterocycles. The lowest BCUT2D eigenvalue weighted by Crippen LogP contribution is -2.25. The van der Waals surface area contributed by atoms with Gasteiger partial charge in [0.25, 0.3) is 0 Å². The van der Waals surface area contributed by atoms with E-state index in [2.05, 4.69) is 51.0 Å². The molecule has 0 unspecified atom stereocenters. The fourth-order valence-corrected chi connectivity index (χ4v) is 3.77. The molecule has 0 aliphatic carbocycles. The van der Waals surface area contributed by atoms with Crippen molar-refractivity contribution in [2.45, 2.75) is 26.3 Å². The summed E-state index contributed by atoms with van der Waals surface area (Å²) >= 11 is 1.77. The molecule has 2 aromatic rings. The molecule has 0 bridgehead atoms. The summed E-state index contributed by atoms with van der Waals surface area (Å²) in [6, 6.07) is 2.22. The van der Waals surface area contributed by atoms with Crippen molar-refractivity contribution in [1.82, 2.24) is 19.8 Å². The summed E-state index contributed by atoms with van der Waals surface area (Å²) in [5, 5.41) is 7.93. The molecular weight excluding hydrogens is 318 g/mol. The standard InChI is InChI=1S/C18H27N5S/c1-14-20-17-5-9-23(12-15-6-11-24-13-15)8-4-16(17)18(21-14)19-7-10-22(2)3/h6,11,13H,4-5,7-10,12H2,1-3H3,(H,19,20,21). The molecule has 3 heterocycles. The van der Waals surface area contributed by atoms with Crippen LogP contribution in [0.3, 0.4) is 0 Å². The Morgan fingerprint density at radius 2 is 2.08 bits per heavy atom. The first-order valence-electron chi connectivity index (χ1n) is 8.60. The van der Waals surface area contributed by atoms with E-state index in [-0.39, 0.29) is 0 Å². The van der Waals surface area contributed by atoms with Crippen molar-refractivity contribution in [2.24, 2.45) is 0 Å². The number of nitrogens with zero attached hydrogens (tertiary/aromatic N) is 4. The molecule has 2 aromatic heterocycles. The highest BCUT2D eigenvalue weighted by Gasteiger charge is 2.19. The average molecular weight is 346 g/mol. The summed E-state index contributed by atoms with van der Waals surface area (Å²) in [5.74, 6) is 1.91. The molecule has 1 aliphatic rings. The Hall–Kier alpha value is -1.50. The molecule has 0 amide bonds. The number of likely N-dealkylation sites (N-methyl/N-ethyl adjacent to an activating group) is 1. The largest absolute Gasteiger partial charge is 0.368 e. The van der Waals surface area contributed by atoms with Gasteiger partial charge in [-0.15, -0.1) is 0 Å². The topological polar surface area (TPSA) is 44.3 Å². The van der Waals surface area contributed by atoms with Crippen LogP contribution in [0.2, 0.25) is 0 Å². The minimum absolute atomic E-state index is 0.868. The van der Waals surface area contributed by atoms with E-state index in [9.17, 15) is 0 Å². The highest BCUT2D eigenvalue weighted by atomic mass is 32.1. The first-order valence-corrected chi connectivity index (χ1v) is 9.54. The van der Waals surface area contributed by atoms with E-state index in [1.807, 2.05) is 6.92 Å². The van der Waals surface area contributed by atoms with Crippen LogP contribution in [0, 0.1) is 6.92 Å². The molecule has 0 saturated carbocycles. The Labute approximate surface area is 148 Å². The van der Waals surface area contributed by atoms with Gasteiger partial charge in [-0.1, -0.05) is 0 Å². The second-order valence-corrected chi connectivity index (χ2v) is 7.46. The number of fused-ring (bicyclic) bond motifs is 1. The van der Waals surface area contributed by atoms with Crippen molar-refractivity contribution in [3.05, 3.63) is 39.5 Å². The van der Waals surface area contributed by atoms with Gasteiger partial charge in [0.05, 0.1) is 5.69 Å². The zero-order chi connectivity index (χ0) is 16.9. The van der Waals surface area contributed by atoms with Gasteiger partial charge < -0.3 is 10.2 Å². The van der Waals surface area contributed by atoms with Gasteiger partial charge in [0.15, 0.2) is 0 Å². The molecule has 0 atom stereocenters. The van der Waals surface area contributed by atoms with Crippen molar-refractivity contribution in [2.75, 3.05) is 45.6 Å². The van der Waals surface area contributed by atoms with Crippen LogP contribution in [0.25, 0.3) is 0 Å². The Balaban J connectivity index is 1.70. The molecule has 130 valence electrons. The van der Waals surface area contributed by atoms with E-state index in [1.165, 1.54) is 16.8 Å². The Morgan fingerprint density at radius 3 is 2.83 bits per heavy atom. The fourth-order valence-electron chi connectivity index (χ4n) is 3.11. The zero-order valence-electron chi connectivity index (χ0n) is 14.9. The molecule has 0 fully saturated rings. The molecule has 1 N–H and O–H groups in total. The number of aromatic nitrogens is 2. The van der Waals surface area contributed by atoms with Crippen molar-refractivity contribution in [1.29, 1.82) is 0 Å². The molecule has 0 spiro atoms. The van der Waals surface area contributed by atoms with Crippen molar-refractivity contribution in [3.8, 4) is 0 Å². The van der Waals surface area contributed by atoms with Crippen LogP contribution in [0.15, 0.2) is 16.8 Å². The van der Waals surface area contributed by atoms with E-state index in [0.29, 0.717) is 0 Å². The lowest BCUT2D eigenvalue weighted by Gasteiger charge is -2.18. The molecule has 6 heteroatoms. The average Bonchev–Trinajstić information content (AvgIpc) is 2.95. The van der Waals surface area contributed by atoms with E-state index in [0.717, 1.165) is 57.2 Å². The predicted molar refractivity (Wildman–Crippen MR) is 101 cm³/mol. The monoisotopic (exact) mass is 345 g/mol. The van der Waals surface area contributed by atoms with Gasteiger partial charge in [-0.25, -0.2) is 9.97 Å². The molecule has 0 aromatic carbocycles. The predicted octanol–water partition coefficient (Wildman–Crippen LogP) is 2.42. The fraction of sp³-hybridized carbons (Fsp3) is 0.556. The molecule has 24 heavy (non-hydrogen) atoms. The first kappa shape index (κ1) is 17.3. The van der Waals surface area contributed by atoms with Crippen LogP contribution in [-0.4, -0.2) is 60.0 Å². The molecule has 1 aliphatic heterocycles. The van der Waals surface area contributed by atoms with Crippen LogP contribution in [0.5, 0.6) is 0 Å². The third-order valence-electron chi connectivity index (χ3n) is 4.39. The van der Waals surface area contributed by atoms with E-state index < -0.39 is 0 Å². The number of hydrogen-bond acceptors (Lipinski definition) is 6. The molecular formula is C18H27N5S. The van der Waals surface area contributed by atoms with E-state index in [4.69, 9.17) is 4.98 Å². The SMILES string of the molecule is Cc1nc2c(c(NCCN(C)C)n1)CCN(Cc1ccsc1)CC2. The highest BCUT2D eigenvalue weighted by Crippen LogP contribution is 2.22. The third-order valence-corrected chi connectivity index (χ3v) is 5.12. The normalized spacial score (nSPS) is 15.3.